The van der Waals surface area contributed by atoms with Gasteiger partial charge < -0.3 is 9.84 Å². The molecule has 0 saturated heterocycles. The molecule has 4 aliphatic rings. The minimum absolute atomic E-state index is 0. The third kappa shape index (κ3) is 2.19. The van der Waals surface area contributed by atoms with Gasteiger partial charge in [-0.15, -0.1) is 0 Å². The van der Waals surface area contributed by atoms with Gasteiger partial charge in [-0.2, -0.15) is 0 Å². The molecule has 28 heavy (non-hydrogen) atoms. The number of rotatable bonds is 0. The van der Waals surface area contributed by atoms with E-state index in [0.717, 1.165) is 42.5 Å². The lowest BCUT2D eigenvalue weighted by atomic mass is 9.53. The van der Waals surface area contributed by atoms with Gasteiger partial charge in [0.1, 0.15) is 17.1 Å². The molecular formula is C25H31NO2. The number of pyridine rings is 1. The molecule has 1 N–H and O–H groups in total. The molecule has 0 radical (unpaired) electrons. The number of hydrogen-bond donors (Lipinski definition) is 1. The number of benzene rings is 1. The monoisotopic (exact) mass is 377 g/mol. The van der Waals surface area contributed by atoms with Crippen LogP contribution in [0.2, 0.25) is 0 Å². The van der Waals surface area contributed by atoms with Gasteiger partial charge in [0.2, 0.25) is 0 Å². The number of aromatic hydroxyl groups is 1. The Balaban J connectivity index is 0.00000171. The summed E-state index contributed by atoms with van der Waals surface area (Å²) in [6.45, 7) is 2.51. The summed E-state index contributed by atoms with van der Waals surface area (Å²) < 4.78 is 6.70. The zero-order chi connectivity index (χ0) is 18.2. The maximum Gasteiger partial charge on any atom is 0.141 e. The number of hydrogen-bond acceptors (Lipinski definition) is 3. The molecule has 0 bridgehead atoms. The van der Waals surface area contributed by atoms with Crippen molar-refractivity contribution < 1.29 is 9.84 Å². The Bertz CT molecular complexity index is 898. The van der Waals surface area contributed by atoms with Crippen LogP contribution in [0.1, 0.15) is 69.2 Å². The zero-order valence-electron chi connectivity index (χ0n) is 15.9. The Morgan fingerprint density at radius 3 is 2.89 bits per heavy atom. The van der Waals surface area contributed by atoms with Gasteiger partial charge in [0.15, 0.2) is 0 Å². The van der Waals surface area contributed by atoms with Gasteiger partial charge >= 0.3 is 0 Å². The highest BCUT2D eigenvalue weighted by Crippen LogP contribution is 2.67. The Kier molecular flexibility index (Phi) is 3.85. The molecule has 3 aliphatic carbocycles. The number of aromatic nitrogens is 1. The van der Waals surface area contributed by atoms with E-state index in [1.165, 1.54) is 36.8 Å². The van der Waals surface area contributed by atoms with E-state index in [1.54, 1.807) is 0 Å². The van der Waals surface area contributed by atoms with E-state index in [2.05, 4.69) is 24.0 Å². The van der Waals surface area contributed by atoms with E-state index in [4.69, 9.17) is 4.74 Å². The molecule has 2 aromatic rings. The third-order valence-electron chi connectivity index (χ3n) is 8.61. The molecule has 148 valence electrons. The van der Waals surface area contributed by atoms with Crippen LogP contribution in [-0.2, 0) is 12.8 Å². The van der Waals surface area contributed by atoms with Crippen LogP contribution >= 0.6 is 0 Å². The SMILES string of the molecule is C.C[C@]12CC[C@@H]3c4ccc(O)cc4CC[C@H]3[C@@H]1CC[C@]21Cc2ncccc2O1. The summed E-state index contributed by atoms with van der Waals surface area (Å²) in [5.74, 6) is 3.57. The molecule has 1 aromatic carbocycles. The van der Waals surface area contributed by atoms with Gasteiger partial charge in [-0.25, -0.2) is 0 Å². The molecular weight excluding hydrogens is 346 g/mol. The van der Waals surface area contributed by atoms with Gasteiger partial charge in [-0.3, -0.25) is 4.98 Å². The first kappa shape index (κ1) is 18.0. The van der Waals surface area contributed by atoms with Crippen LogP contribution in [0.15, 0.2) is 36.5 Å². The van der Waals surface area contributed by atoms with Gasteiger partial charge in [-0.05, 0) is 91.7 Å². The second-order valence-corrected chi connectivity index (χ2v) is 9.51. The summed E-state index contributed by atoms with van der Waals surface area (Å²) in [5, 5.41) is 9.88. The highest BCUT2D eigenvalue weighted by molar-refractivity contribution is 5.41. The number of phenolic OH excluding ortho intramolecular Hbond substituents is 1. The van der Waals surface area contributed by atoms with Gasteiger partial charge in [0, 0.05) is 18.0 Å². The first-order valence-electron chi connectivity index (χ1n) is 10.5. The topological polar surface area (TPSA) is 42.4 Å². The van der Waals surface area contributed by atoms with E-state index < -0.39 is 0 Å². The van der Waals surface area contributed by atoms with Crippen molar-refractivity contribution >= 4 is 0 Å². The maximum atomic E-state index is 9.88. The number of nitrogens with zero attached hydrogens (tertiary/aromatic N) is 1. The van der Waals surface area contributed by atoms with Crippen LogP contribution in [-0.4, -0.2) is 15.7 Å². The number of aryl methyl sites for hydroxylation is 1. The average Bonchev–Trinajstić information content (AvgIpc) is 3.19. The van der Waals surface area contributed by atoms with Crippen molar-refractivity contribution in [2.75, 3.05) is 0 Å². The molecule has 1 aromatic heterocycles. The number of fused-ring (bicyclic) bond motifs is 7. The number of phenols is 1. The van der Waals surface area contributed by atoms with E-state index in [9.17, 15) is 5.11 Å². The highest BCUT2D eigenvalue weighted by Gasteiger charge is 2.65. The second-order valence-electron chi connectivity index (χ2n) is 9.51. The van der Waals surface area contributed by atoms with Crippen molar-refractivity contribution in [3.8, 4) is 11.5 Å². The fraction of sp³-hybridized carbons (Fsp3) is 0.560. The molecule has 6 rings (SSSR count). The Morgan fingerprint density at radius 2 is 2.04 bits per heavy atom. The Morgan fingerprint density at radius 1 is 1.14 bits per heavy atom. The normalized spacial score (nSPS) is 37.2. The van der Waals surface area contributed by atoms with Crippen LogP contribution < -0.4 is 4.74 Å². The van der Waals surface area contributed by atoms with Crippen molar-refractivity contribution in [1.29, 1.82) is 0 Å². The molecule has 5 atom stereocenters. The summed E-state index contributed by atoms with van der Waals surface area (Å²) >= 11 is 0. The molecule has 3 heteroatoms. The molecule has 3 nitrogen and oxygen atoms in total. The van der Waals surface area contributed by atoms with Crippen LogP contribution in [0.3, 0.4) is 0 Å². The van der Waals surface area contributed by atoms with Crippen molar-refractivity contribution in [2.24, 2.45) is 17.3 Å². The summed E-state index contributed by atoms with van der Waals surface area (Å²) in [5.41, 5.74) is 4.23. The zero-order valence-corrected chi connectivity index (χ0v) is 15.9. The lowest BCUT2D eigenvalue weighted by Gasteiger charge is -2.53. The largest absolute Gasteiger partial charge is 0.508 e. The maximum absolute atomic E-state index is 9.88. The molecule has 2 saturated carbocycles. The predicted molar refractivity (Wildman–Crippen MR) is 111 cm³/mol. The lowest BCUT2D eigenvalue weighted by Crippen LogP contribution is -2.53. The molecule has 2 fully saturated rings. The molecule has 0 unspecified atom stereocenters. The van der Waals surface area contributed by atoms with E-state index in [1.807, 2.05) is 24.4 Å². The van der Waals surface area contributed by atoms with Gasteiger partial charge in [0.05, 0.1) is 5.69 Å². The fourth-order valence-electron chi connectivity index (χ4n) is 7.29. The lowest BCUT2D eigenvalue weighted by molar-refractivity contribution is -0.0725. The summed E-state index contributed by atoms with van der Waals surface area (Å²) in [6, 6.07) is 10.2. The van der Waals surface area contributed by atoms with Gasteiger partial charge in [-0.1, -0.05) is 20.4 Å². The van der Waals surface area contributed by atoms with Crippen LogP contribution in [0.5, 0.6) is 11.5 Å². The predicted octanol–water partition coefficient (Wildman–Crippen LogP) is 5.65. The van der Waals surface area contributed by atoms with Crippen LogP contribution in [0.25, 0.3) is 0 Å². The van der Waals surface area contributed by atoms with E-state index >= 15 is 0 Å². The number of ether oxygens (including phenoxy) is 1. The molecule has 1 spiro atoms. The van der Waals surface area contributed by atoms with Crippen molar-refractivity contribution in [3.63, 3.8) is 0 Å². The standard InChI is InChI=1S/C24H27NO2.CH4/c1-23-10-8-18-17-7-5-16(26)13-15(17)4-6-19(18)20(23)9-11-24(23)14-21-22(27-24)3-2-12-25-21;/h2-3,5,7,12-13,18-20,26H,4,6,8-11,14H2,1H3;1H4/t18-,19-,20+,23+,24+;/m1./s1. The second kappa shape index (κ2) is 5.98. The minimum atomic E-state index is -0.0471. The third-order valence-corrected chi connectivity index (χ3v) is 8.61. The van der Waals surface area contributed by atoms with Crippen molar-refractivity contribution in [3.05, 3.63) is 53.3 Å². The summed E-state index contributed by atoms with van der Waals surface area (Å²) in [6.07, 6.45) is 10.2. The Hall–Kier alpha value is -2.03. The van der Waals surface area contributed by atoms with Crippen molar-refractivity contribution in [1.82, 2.24) is 4.98 Å². The van der Waals surface area contributed by atoms with E-state index in [-0.39, 0.29) is 18.4 Å². The average molecular weight is 378 g/mol. The molecule has 1 aliphatic heterocycles. The summed E-state index contributed by atoms with van der Waals surface area (Å²) in [7, 11) is 0. The minimum Gasteiger partial charge on any atom is -0.508 e. The van der Waals surface area contributed by atoms with E-state index in [0.29, 0.717) is 11.7 Å². The quantitative estimate of drug-likeness (QED) is 0.645. The molecule has 2 heterocycles. The summed E-state index contributed by atoms with van der Waals surface area (Å²) in [4.78, 5) is 4.62. The highest BCUT2D eigenvalue weighted by atomic mass is 16.5. The first-order valence-corrected chi connectivity index (χ1v) is 10.5. The van der Waals surface area contributed by atoms with Crippen molar-refractivity contribution in [2.45, 2.75) is 70.8 Å². The van der Waals surface area contributed by atoms with Crippen LogP contribution in [0.4, 0.5) is 0 Å². The first-order chi connectivity index (χ1) is 13.1. The molecule has 0 amide bonds. The van der Waals surface area contributed by atoms with Gasteiger partial charge in [0.25, 0.3) is 0 Å². The Labute approximate surface area is 168 Å². The fourth-order valence-corrected chi connectivity index (χ4v) is 7.29. The van der Waals surface area contributed by atoms with Crippen LogP contribution in [0, 0.1) is 17.3 Å². The smallest absolute Gasteiger partial charge is 0.141 e.